The summed E-state index contributed by atoms with van der Waals surface area (Å²) >= 11 is 2.28. The molecule has 5 N–H and O–H groups in total. The highest BCUT2D eigenvalue weighted by Crippen LogP contribution is 2.41. The first-order valence-corrected chi connectivity index (χ1v) is 13.3. The van der Waals surface area contributed by atoms with Gasteiger partial charge in [-0.2, -0.15) is 0 Å². The van der Waals surface area contributed by atoms with Crippen molar-refractivity contribution < 1.29 is 34.2 Å². The zero-order valence-electron chi connectivity index (χ0n) is 20.2. The van der Waals surface area contributed by atoms with E-state index in [0.717, 1.165) is 16.2 Å². The van der Waals surface area contributed by atoms with Crippen LogP contribution >= 0.6 is 23.1 Å². The number of nitrogens with one attached hydrogen (secondary N) is 1. The number of thioether (sulfide) groups is 1. The Hall–Kier alpha value is -4.44. The predicted molar refractivity (Wildman–Crippen MR) is 140 cm³/mol. The summed E-state index contributed by atoms with van der Waals surface area (Å²) in [5, 5.41) is 25.6. The van der Waals surface area contributed by atoms with Crippen molar-refractivity contribution in [3.63, 3.8) is 0 Å². The van der Waals surface area contributed by atoms with Crippen LogP contribution in [0.2, 0.25) is 0 Å². The minimum atomic E-state index is -1.33. The summed E-state index contributed by atoms with van der Waals surface area (Å²) in [4.78, 5) is 61.6. The van der Waals surface area contributed by atoms with Crippen molar-refractivity contribution in [2.75, 3.05) is 30.0 Å². The molecular weight excluding hydrogens is 550 g/mol. The lowest BCUT2D eigenvalue weighted by molar-refractivity contribution is -0.150. The molecule has 0 bridgehead atoms. The van der Waals surface area contributed by atoms with Gasteiger partial charge in [0.05, 0.1) is 19.0 Å². The molecule has 16 heteroatoms. The maximum atomic E-state index is 13.1. The highest BCUT2D eigenvalue weighted by molar-refractivity contribution is 8.00. The molecule has 0 unspecified atom stereocenters. The van der Waals surface area contributed by atoms with Crippen LogP contribution in [0.5, 0.6) is 5.88 Å². The topological polar surface area (TPSA) is 201 Å². The number of carbonyl (C=O) groups excluding carboxylic acids is 3. The van der Waals surface area contributed by atoms with Crippen LogP contribution in [0, 0.1) is 0 Å². The molecule has 2 aromatic heterocycles. The number of aliphatic carboxylic acids is 1. The monoisotopic (exact) mass is 571 g/mol. The molecule has 0 aliphatic carbocycles. The fraction of sp³-hybridized carbons (Fsp3) is 0.261. The van der Waals surface area contributed by atoms with Crippen LogP contribution < -0.4 is 20.7 Å². The number of ether oxygens (including phenoxy) is 1. The highest BCUT2D eigenvalue weighted by atomic mass is 32.2. The lowest BCUT2D eigenvalue weighted by atomic mass is 10.0. The van der Waals surface area contributed by atoms with Gasteiger partial charge in [0.2, 0.25) is 5.88 Å². The van der Waals surface area contributed by atoms with Crippen LogP contribution in [0.4, 0.5) is 10.8 Å². The molecule has 0 aromatic carbocycles. The second-order valence-electron chi connectivity index (χ2n) is 8.49. The molecule has 5 heterocycles. The molecule has 39 heavy (non-hydrogen) atoms. The van der Waals surface area contributed by atoms with Gasteiger partial charge in [0.1, 0.15) is 22.8 Å². The number of carboxylic acids is 1. The number of nitrogens with two attached hydrogens (primary N) is 1. The summed E-state index contributed by atoms with van der Waals surface area (Å²) in [6.45, 7) is 0.389. The van der Waals surface area contributed by atoms with Crippen molar-refractivity contribution in [2.45, 2.75) is 17.8 Å². The number of rotatable bonds is 7. The molecule has 2 saturated heterocycles. The second-order valence-corrected chi connectivity index (χ2v) is 10.5. The van der Waals surface area contributed by atoms with Gasteiger partial charge in [0, 0.05) is 29.3 Å². The van der Waals surface area contributed by atoms with Crippen molar-refractivity contribution >= 4 is 63.3 Å². The summed E-state index contributed by atoms with van der Waals surface area (Å²) < 4.78 is 5.05. The van der Waals surface area contributed by atoms with E-state index in [1.54, 1.807) is 12.1 Å². The lowest BCUT2D eigenvalue weighted by Gasteiger charge is -2.49. The van der Waals surface area contributed by atoms with Crippen molar-refractivity contribution in [1.29, 1.82) is 0 Å². The Kier molecular flexibility index (Phi) is 6.96. The Balaban J connectivity index is 1.34. The number of oxime groups is 1. The molecular formula is C23H21N7O7S2. The predicted octanol–water partition coefficient (Wildman–Crippen LogP) is 0.409. The Morgan fingerprint density at radius 3 is 2.74 bits per heavy atom. The van der Waals surface area contributed by atoms with Crippen LogP contribution in [-0.2, 0) is 19.2 Å². The molecule has 2 atom stereocenters. The van der Waals surface area contributed by atoms with Gasteiger partial charge < -0.3 is 31.0 Å². The van der Waals surface area contributed by atoms with E-state index in [9.17, 15) is 29.5 Å². The average molecular weight is 572 g/mol. The summed E-state index contributed by atoms with van der Waals surface area (Å²) in [5.41, 5.74) is 6.24. The molecule has 3 aliphatic rings. The number of hydrogen-bond acceptors (Lipinski definition) is 12. The largest absolute Gasteiger partial charge is 0.481 e. The third-order valence-corrected chi connectivity index (χ3v) is 8.26. The van der Waals surface area contributed by atoms with Crippen LogP contribution in [0.1, 0.15) is 12.1 Å². The molecule has 5 rings (SSSR count). The van der Waals surface area contributed by atoms with Crippen molar-refractivity contribution in [2.24, 2.45) is 5.16 Å². The maximum absolute atomic E-state index is 13.1. The summed E-state index contributed by atoms with van der Waals surface area (Å²) in [6.07, 6.45) is 3.42. The number of carbonyl (C=O) groups is 4. The quantitative estimate of drug-likeness (QED) is 0.118. The summed E-state index contributed by atoms with van der Waals surface area (Å²) in [7, 11) is 1.49. The number of allylic oxidation sites excluding steroid dienone is 1. The van der Waals surface area contributed by atoms with E-state index >= 15 is 0 Å². The third-order valence-electron chi connectivity index (χ3n) is 6.28. The fourth-order valence-electron chi connectivity index (χ4n) is 4.43. The van der Waals surface area contributed by atoms with E-state index in [0.29, 0.717) is 35.7 Å². The van der Waals surface area contributed by atoms with E-state index < -0.39 is 34.9 Å². The van der Waals surface area contributed by atoms with E-state index in [2.05, 4.69) is 20.4 Å². The van der Waals surface area contributed by atoms with Gasteiger partial charge in [-0.05, 0) is 24.1 Å². The number of carboxylic acid groups (broad SMARTS) is 1. The number of aromatic nitrogens is 2. The van der Waals surface area contributed by atoms with Gasteiger partial charge in [-0.25, -0.2) is 14.8 Å². The van der Waals surface area contributed by atoms with E-state index in [4.69, 9.17) is 10.5 Å². The Labute approximate surface area is 228 Å². The smallest absolute Gasteiger partial charge is 0.352 e. The Bertz CT molecular complexity index is 1470. The number of nitrogen functional groups attached to an aromatic ring is 1. The number of hydrogen-bond donors (Lipinski definition) is 4. The number of fused-ring (bicyclic) bond motifs is 1. The Morgan fingerprint density at radius 1 is 1.33 bits per heavy atom. The van der Waals surface area contributed by atoms with Crippen molar-refractivity contribution in [3.05, 3.63) is 52.3 Å². The number of amides is 3. The average Bonchev–Trinajstić information content (AvgIpc) is 3.52. The molecule has 14 nitrogen and oxygen atoms in total. The summed E-state index contributed by atoms with van der Waals surface area (Å²) in [5.74, 6) is -2.53. The fourth-order valence-corrected chi connectivity index (χ4v) is 6.28. The van der Waals surface area contributed by atoms with Crippen molar-refractivity contribution in [3.8, 4) is 5.88 Å². The van der Waals surface area contributed by atoms with Crippen LogP contribution in [-0.4, -0.2) is 85.4 Å². The van der Waals surface area contributed by atoms with Crippen LogP contribution in [0.15, 0.2) is 51.8 Å². The zero-order chi connectivity index (χ0) is 27.8. The Morgan fingerprint density at radius 2 is 2.13 bits per heavy atom. The van der Waals surface area contributed by atoms with Crippen molar-refractivity contribution in [1.82, 2.24) is 20.2 Å². The number of nitrogens with zero attached hydrogens (tertiary/aromatic N) is 5. The first-order valence-electron chi connectivity index (χ1n) is 11.4. The second kappa shape index (κ2) is 10.4. The number of anilines is 2. The van der Waals surface area contributed by atoms with Gasteiger partial charge in [-0.15, -0.1) is 23.1 Å². The van der Waals surface area contributed by atoms with Crippen LogP contribution in [0.3, 0.4) is 0 Å². The lowest BCUT2D eigenvalue weighted by Crippen LogP contribution is -2.71. The third kappa shape index (κ3) is 4.67. The first kappa shape index (κ1) is 26.2. The molecule has 2 fully saturated rings. The van der Waals surface area contributed by atoms with Gasteiger partial charge in [0.25, 0.3) is 17.7 Å². The number of β-lactam (4-membered cyclic amide) rings is 1. The standard InChI is InChI=1S/C23H21N7O7S2/c1-37-14-3-2-12(7-25-14)29-5-4-10(19(29)32)6-11-8-38-21-16(20(33)30(21)17(11)22(34)35)27-18(31)15(28-36)13-9-39-23(24)26-13/h2-3,6-7,9,16,21,36H,4-5,8H2,1H3,(H2,24,26)(H,27,31)(H,34,35)/b10-6+,28-15-/t16-,21-/m1/s1. The maximum Gasteiger partial charge on any atom is 0.352 e. The van der Waals surface area contributed by atoms with Gasteiger partial charge in [-0.1, -0.05) is 5.16 Å². The van der Waals surface area contributed by atoms with Gasteiger partial charge in [-0.3, -0.25) is 19.3 Å². The number of methoxy groups -OCH3 is 1. The van der Waals surface area contributed by atoms with E-state index in [1.807, 2.05) is 0 Å². The van der Waals surface area contributed by atoms with Crippen LogP contribution in [0.25, 0.3) is 0 Å². The molecule has 0 spiro atoms. The number of thiazole rings is 1. The normalized spacial score (nSPS) is 22.2. The molecule has 2 aromatic rings. The van der Waals surface area contributed by atoms with Gasteiger partial charge in [0.15, 0.2) is 10.8 Å². The minimum absolute atomic E-state index is 0.0400. The SMILES string of the molecule is COc1ccc(N2CC/C(=C\C3=C(C(=O)O)N4C(=O)[C@@H](NC(=O)/C(=N\O)c5csc(N)n5)[C@H]4SC3)C2=O)cn1. The van der Waals surface area contributed by atoms with Gasteiger partial charge >= 0.3 is 5.97 Å². The first-order chi connectivity index (χ1) is 18.7. The number of pyridine rings is 1. The minimum Gasteiger partial charge on any atom is -0.481 e. The highest BCUT2D eigenvalue weighted by Gasteiger charge is 2.54. The molecule has 3 amide bonds. The van der Waals surface area contributed by atoms with E-state index in [-0.39, 0.29) is 28.2 Å². The van der Waals surface area contributed by atoms with E-state index in [1.165, 1.54) is 41.4 Å². The summed E-state index contributed by atoms with van der Waals surface area (Å²) in [6, 6.07) is 2.30. The molecule has 202 valence electrons. The molecule has 0 radical (unpaired) electrons. The molecule has 0 saturated carbocycles. The zero-order valence-corrected chi connectivity index (χ0v) is 21.9. The molecule has 3 aliphatic heterocycles.